The van der Waals surface area contributed by atoms with Gasteiger partial charge in [0.25, 0.3) is 5.91 Å². The summed E-state index contributed by atoms with van der Waals surface area (Å²) < 4.78 is 5.05. The standard InChI is InChI=1S/C20H19NO2/c1-15(13-16-11-12-23-14-16)21-20(22)19-9-7-18(8-10-19)17-5-3-2-4-6-17/h2-12,14-15H,13H2,1H3,(H,21,22)/t15-/m1/s1. The first kappa shape index (κ1) is 15.1. The fourth-order valence-corrected chi connectivity index (χ4v) is 2.57. The minimum absolute atomic E-state index is 0.0499. The fourth-order valence-electron chi connectivity index (χ4n) is 2.57. The van der Waals surface area contributed by atoms with Gasteiger partial charge in [0.15, 0.2) is 0 Å². The quantitative estimate of drug-likeness (QED) is 0.763. The molecule has 1 N–H and O–H groups in total. The summed E-state index contributed by atoms with van der Waals surface area (Å²) in [6.07, 6.45) is 4.10. The van der Waals surface area contributed by atoms with Gasteiger partial charge in [0.2, 0.25) is 0 Å². The van der Waals surface area contributed by atoms with E-state index in [1.54, 1.807) is 12.5 Å². The Morgan fingerprint density at radius 1 is 1.00 bits per heavy atom. The van der Waals surface area contributed by atoms with E-state index in [1.807, 2.05) is 55.5 Å². The van der Waals surface area contributed by atoms with Crippen molar-refractivity contribution in [1.82, 2.24) is 5.32 Å². The molecule has 3 aromatic rings. The van der Waals surface area contributed by atoms with Gasteiger partial charge in [0.05, 0.1) is 12.5 Å². The molecule has 1 amide bonds. The molecular formula is C20H19NO2. The van der Waals surface area contributed by atoms with Crippen molar-refractivity contribution in [2.45, 2.75) is 19.4 Å². The molecule has 1 aromatic heterocycles. The van der Waals surface area contributed by atoms with Crippen molar-refractivity contribution in [2.24, 2.45) is 0 Å². The normalized spacial score (nSPS) is 11.9. The second kappa shape index (κ2) is 6.97. The van der Waals surface area contributed by atoms with Gasteiger partial charge in [-0.05, 0) is 48.2 Å². The fraction of sp³-hybridized carbons (Fsp3) is 0.150. The topological polar surface area (TPSA) is 42.2 Å². The molecule has 3 rings (SSSR count). The van der Waals surface area contributed by atoms with Crippen LogP contribution in [-0.4, -0.2) is 11.9 Å². The van der Waals surface area contributed by atoms with Gasteiger partial charge >= 0.3 is 0 Å². The molecule has 0 unspecified atom stereocenters. The van der Waals surface area contributed by atoms with Crippen LogP contribution in [0.25, 0.3) is 11.1 Å². The van der Waals surface area contributed by atoms with Gasteiger partial charge < -0.3 is 9.73 Å². The van der Waals surface area contributed by atoms with Crippen LogP contribution in [0.1, 0.15) is 22.8 Å². The predicted molar refractivity (Wildman–Crippen MR) is 91.2 cm³/mol. The van der Waals surface area contributed by atoms with Gasteiger partial charge in [-0.25, -0.2) is 0 Å². The van der Waals surface area contributed by atoms with E-state index in [4.69, 9.17) is 4.42 Å². The highest BCUT2D eigenvalue weighted by Gasteiger charge is 2.11. The maximum atomic E-state index is 12.3. The molecule has 0 radical (unpaired) electrons. The van der Waals surface area contributed by atoms with E-state index in [2.05, 4.69) is 17.4 Å². The highest BCUT2D eigenvalue weighted by atomic mass is 16.3. The first-order chi connectivity index (χ1) is 11.2. The summed E-state index contributed by atoms with van der Waals surface area (Å²) in [4.78, 5) is 12.3. The van der Waals surface area contributed by atoms with E-state index in [1.165, 1.54) is 0 Å². The Hall–Kier alpha value is -2.81. The van der Waals surface area contributed by atoms with Gasteiger partial charge in [-0.2, -0.15) is 0 Å². The Morgan fingerprint density at radius 2 is 1.70 bits per heavy atom. The first-order valence-electron chi connectivity index (χ1n) is 7.70. The van der Waals surface area contributed by atoms with Crippen molar-refractivity contribution in [3.63, 3.8) is 0 Å². The van der Waals surface area contributed by atoms with Gasteiger partial charge in [0, 0.05) is 11.6 Å². The van der Waals surface area contributed by atoms with E-state index >= 15 is 0 Å². The lowest BCUT2D eigenvalue weighted by Crippen LogP contribution is -2.33. The lowest BCUT2D eigenvalue weighted by Gasteiger charge is -2.13. The number of benzene rings is 2. The molecule has 116 valence electrons. The highest BCUT2D eigenvalue weighted by Crippen LogP contribution is 2.19. The van der Waals surface area contributed by atoms with Gasteiger partial charge in [0.1, 0.15) is 0 Å². The molecule has 0 bridgehead atoms. The molecule has 0 spiro atoms. The first-order valence-corrected chi connectivity index (χ1v) is 7.70. The summed E-state index contributed by atoms with van der Waals surface area (Å²) >= 11 is 0. The van der Waals surface area contributed by atoms with Crippen LogP contribution in [0.4, 0.5) is 0 Å². The van der Waals surface area contributed by atoms with Crippen LogP contribution in [0.15, 0.2) is 77.6 Å². The summed E-state index contributed by atoms with van der Waals surface area (Å²) in [7, 11) is 0. The van der Waals surface area contributed by atoms with Crippen LogP contribution in [0.5, 0.6) is 0 Å². The highest BCUT2D eigenvalue weighted by molar-refractivity contribution is 5.94. The molecule has 0 saturated carbocycles. The number of amides is 1. The third-order valence-electron chi connectivity index (χ3n) is 3.75. The van der Waals surface area contributed by atoms with E-state index < -0.39 is 0 Å². The minimum Gasteiger partial charge on any atom is -0.472 e. The average molecular weight is 305 g/mol. The number of hydrogen-bond acceptors (Lipinski definition) is 2. The molecule has 3 nitrogen and oxygen atoms in total. The Labute approximate surface area is 136 Å². The molecule has 0 saturated heterocycles. The van der Waals surface area contributed by atoms with Gasteiger partial charge in [-0.15, -0.1) is 0 Å². The third-order valence-corrected chi connectivity index (χ3v) is 3.75. The van der Waals surface area contributed by atoms with Crippen LogP contribution in [0.2, 0.25) is 0 Å². The minimum atomic E-state index is -0.0550. The zero-order valence-corrected chi connectivity index (χ0v) is 13.0. The van der Waals surface area contributed by atoms with Gasteiger partial charge in [-0.3, -0.25) is 4.79 Å². The molecule has 0 aliphatic rings. The Morgan fingerprint density at radius 3 is 2.35 bits per heavy atom. The van der Waals surface area contributed by atoms with Crippen LogP contribution in [0.3, 0.4) is 0 Å². The number of rotatable bonds is 5. The van der Waals surface area contributed by atoms with Crippen LogP contribution in [0, 0.1) is 0 Å². The second-order valence-corrected chi connectivity index (χ2v) is 5.65. The lowest BCUT2D eigenvalue weighted by atomic mass is 10.0. The molecule has 23 heavy (non-hydrogen) atoms. The molecule has 0 aliphatic carbocycles. The molecule has 1 heterocycles. The van der Waals surface area contributed by atoms with E-state index in [0.717, 1.165) is 23.1 Å². The molecular weight excluding hydrogens is 286 g/mol. The molecule has 2 aromatic carbocycles. The monoisotopic (exact) mass is 305 g/mol. The van der Waals surface area contributed by atoms with Crippen molar-refractivity contribution in [3.8, 4) is 11.1 Å². The predicted octanol–water partition coefficient (Wildman–Crippen LogP) is 4.31. The largest absolute Gasteiger partial charge is 0.472 e. The maximum absolute atomic E-state index is 12.3. The Balaban J connectivity index is 1.63. The van der Waals surface area contributed by atoms with Crippen molar-refractivity contribution < 1.29 is 9.21 Å². The average Bonchev–Trinajstić information content (AvgIpc) is 3.08. The summed E-state index contributed by atoms with van der Waals surface area (Å²) in [5, 5.41) is 3.01. The lowest BCUT2D eigenvalue weighted by molar-refractivity contribution is 0.0940. The van der Waals surface area contributed by atoms with Crippen molar-refractivity contribution >= 4 is 5.91 Å². The summed E-state index contributed by atoms with van der Waals surface area (Å²) in [6, 6.07) is 19.8. The van der Waals surface area contributed by atoms with Crippen LogP contribution < -0.4 is 5.32 Å². The second-order valence-electron chi connectivity index (χ2n) is 5.65. The number of nitrogens with one attached hydrogen (secondary N) is 1. The van der Waals surface area contributed by atoms with Crippen LogP contribution >= 0.6 is 0 Å². The third kappa shape index (κ3) is 3.89. The smallest absolute Gasteiger partial charge is 0.251 e. The molecule has 1 atom stereocenters. The summed E-state index contributed by atoms with van der Waals surface area (Å²) in [5.41, 5.74) is 4.00. The van der Waals surface area contributed by atoms with E-state index in [-0.39, 0.29) is 11.9 Å². The molecule has 0 aliphatic heterocycles. The van der Waals surface area contributed by atoms with Crippen molar-refractivity contribution in [1.29, 1.82) is 0 Å². The Bertz CT molecular complexity index is 746. The molecule has 0 fully saturated rings. The Kier molecular flexibility index (Phi) is 4.57. The molecule has 3 heteroatoms. The summed E-state index contributed by atoms with van der Waals surface area (Å²) in [5.74, 6) is -0.0550. The summed E-state index contributed by atoms with van der Waals surface area (Å²) in [6.45, 7) is 1.99. The van der Waals surface area contributed by atoms with Crippen LogP contribution in [-0.2, 0) is 6.42 Å². The van der Waals surface area contributed by atoms with E-state index in [9.17, 15) is 4.79 Å². The number of carbonyl (C=O) groups excluding carboxylic acids is 1. The van der Waals surface area contributed by atoms with Crippen molar-refractivity contribution in [2.75, 3.05) is 0 Å². The zero-order chi connectivity index (χ0) is 16.1. The number of hydrogen-bond donors (Lipinski definition) is 1. The maximum Gasteiger partial charge on any atom is 0.251 e. The van der Waals surface area contributed by atoms with E-state index in [0.29, 0.717) is 5.56 Å². The van der Waals surface area contributed by atoms with Gasteiger partial charge in [-0.1, -0.05) is 42.5 Å². The SMILES string of the molecule is C[C@H](Cc1ccoc1)NC(=O)c1ccc(-c2ccccc2)cc1. The number of furan rings is 1. The zero-order valence-electron chi connectivity index (χ0n) is 13.0. The number of carbonyl (C=O) groups is 1. The van der Waals surface area contributed by atoms with Crippen molar-refractivity contribution in [3.05, 3.63) is 84.3 Å².